The van der Waals surface area contributed by atoms with Crippen LogP contribution >= 0.6 is 46.7 Å². The first kappa shape index (κ1) is 17.8. The van der Waals surface area contributed by atoms with Crippen molar-refractivity contribution < 1.29 is 14.9 Å². The van der Waals surface area contributed by atoms with E-state index in [1.807, 2.05) is 0 Å². The number of hydrogen-bond acceptors (Lipinski definition) is 7. The molecule has 0 amide bonds. The van der Waals surface area contributed by atoms with Crippen LogP contribution in [0.2, 0.25) is 0 Å². The van der Waals surface area contributed by atoms with E-state index >= 15 is 0 Å². The Labute approximate surface area is 142 Å². The molecule has 2 aliphatic heterocycles. The molecule has 0 aromatic carbocycles. The van der Waals surface area contributed by atoms with E-state index in [1.54, 1.807) is 23.5 Å². The molecule has 0 saturated heterocycles. The molecule has 0 aromatic heterocycles. The summed E-state index contributed by atoms with van der Waals surface area (Å²) < 4.78 is 5.32. The van der Waals surface area contributed by atoms with E-state index in [9.17, 15) is 10.2 Å². The van der Waals surface area contributed by atoms with Gasteiger partial charge in [-0.2, -0.15) is 0 Å². The van der Waals surface area contributed by atoms with Gasteiger partial charge < -0.3 is 14.9 Å². The summed E-state index contributed by atoms with van der Waals surface area (Å²) >= 11 is 15.4. The maximum absolute atomic E-state index is 9.95. The zero-order chi connectivity index (χ0) is 15.2. The summed E-state index contributed by atoms with van der Waals surface area (Å²) in [5.41, 5.74) is 0. The SMILES string of the molecule is OC(COCC(O)C(Cl)C1=NCCS1)C(Cl)C1=NCCS1. The topological polar surface area (TPSA) is 74.4 Å². The number of ether oxygens (including phenoxy) is 1. The van der Waals surface area contributed by atoms with Crippen LogP contribution in [-0.2, 0) is 4.74 Å². The molecule has 4 atom stereocenters. The molecule has 2 heterocycles. The molecule has 0 aliphatic carbocycles. The summed E-state index contributed by atoms with van der Waals surface area (Å²) in [6, 6.07) is 0. The molecule has 4 unspecified atom stereocenters. The highest BCUT2D eigenvalue weighted by molar-refractivity contribution is 8.14. The number of halogens is 2. The second kappa shape index (κ2) is 8.96. The Morgan fingerprint density at radius 1 is 0.952 bits per heavy atom. The number of nitrogens with zero attached hydrogens (tertiary/aromatic N) is 2. The van der Waals surface area contributed by atoms with Gasteiger partial charge in [-0.15, -0.1) is 46.7 Å². The first-order valence-corrected chi connectivity index (χ1v) is 9.50. The van der Waals surface area contributed by atoms with Gasteiger partial charge in [-0.1, -0.05) is 0 Å². The molecule has 0 aromatic rings. The van der Waals surface area contributed by atoms with Crippen molar-refractivity contribution in [3.05, 3.63) is 0 Å². The lowest BCUT2D eigenvalue weighted by Gasteiger charge is -2.20. The number of aliphatic hydroxyl groups is 2. The Morgan fingerprint density at radius 2 is 1.38 bits per heavy atom. The smallest absolute Gasteiger partial charge is 0.109 e. The fraction of sp³-hybridized carbons (Fsp3) is 0.833. The zero-order valence-electron chi connectivity index (χ0n) is 11.3. The molecular weight excluding hydrogens is 355 g/mol. The highest BCUT2D eigenvalue weighted by Gasteiger charge is 2.27. The maximum atomic E-state index is 9.95. The van der Waals surface area contributed by atoms with Crippen LogP contribution in [0.1, 0.15) is 0 Å². The highest BCUT2D eigenvalue weighted by atomic mass is 35.5. The summed E-state index contributed by atoms with van der Waals surface area (Å²) in [7, 11) is 0. The number of hydrogen-bond donors (Lipinski definition) is 2. The summed E-state index contributed by atoms with van der Waals surface area (Å²) in [5, 5.41) is 20.3. The summed E-state index contributed by atoms with van der Waals surface area (Å²) in [6.45, 7) is 1.55. The van der Waals surface area contributed by atoms with Crippen molar-refractivity contribution >= 4 is 56.8 Å². The standard InChI is InChI=1S/C12H18Cl2N2O3S2/c13-9(11-15-1-3-20-11)7(17)5-19-6-8(18)10(14)12-16-2-4-21-12/h7-10,17-18H,1-6H2. The molecule has 120 valence electrons. The second-order valence-corrected chi connectivity index (χ2v) is 7.78. The minimum atomic E-state index is -0.852. The predicted octanol–water partition coefficient (Wildman–Crippen LogP) is 1.23. The monoisotopic (exact) mass is 372 g/mol. The predicted molar refractivity (Wildman–Crippen MR) is 91.6 cm³/mol. The van der Waals surface area contributed by atoms with Crippen LogP contribution in [-0.4, -0.2) is 81.1 Å². The molecule has 0 radical (unpaired) electrons. The molecule has 9 heteroatoms. The number of alkyl halides is 2. The molecule has 0 saturated carbocycles. The average molecular weight is 373 g/mol. The van der Waals surface area contributed by atoms with Gasteiger partial charge in [0.1, 0.15) is 10.8 Å². The van der Waals surface area contributed by atoms with E-state index in [4.69, 9.17) is 27.9 Å². The van der Waals surface area contributed by atoms with Gasteiger partial charge in [0.15, 0.2) is 0 Å². The van der Waals surface area contributed by atoms with Crippen LogP contribution in [0, 0.1) is 0 Å². The third-order valence-corrected chi connectivity index (χ3v) is 6.33. The van der Waals surface area contributed by atoms with Gasteiger partial charge in [0.2, 0.25) is 0 Å². The van der Waals surface area contributed by atoms with E-state index in [2.05, 4.69) is 9.98 Å². The number of aliphatic imine (C=N–C) groups is 2. The molecule has 2 N–H and O–H groups in total. The Balaban J connectivity index is 1.68. The summed E-state index contributed by atoms with van der Waals surface area (Å²) in [4.78, 5) is 8.45. The van der Waals surface area contributed by atoms with Gasteiger partial charge in [0, 0.05) is 24.6 Å². The van der Waals surface area contributed by atoms with Gasteiger partial charge in [0.05, 0.1) is 35.5 Å². The van der Waals surface area contributed by atoms with Gasteiger partial charge in [0.25, 0.3) is 0 Å². The van der Waals surface area contributed by atoms with E-state index in [0.717, 1.165) is 34.7 Å². The van der Waals surface area contributed by atoms with Gasteiger partial charge in [-0.25, -0.2) is 0 Å². The molecule has 0 fully saturated rings. The van der Waals surface area contributed by atoms with E-state index in [-0.39, 0.29) is 13.2 Å². The summed E-state index contributed by atoms with van der Waals surface area (Å²) in [6.07, 6.45) is -1.70. The van der Waals surface area contributed by atoms with Crippen LogP contribution < -0.4 is 0 Å². The van der Waals surface area contributed by atoms with Crippen molar-refractivity contribution in [2.75, 3.05) is 37.8 Å². The van der Waals surface area contributed by atoms with Crippen LogP contribution in [0.15, 0.2) is 9.98 Å². The minimum absolute atomic E-state index is 0.0357. The molecule has 2 rings (SSSR count). The van der Waals surface area contributed by atoms with Crippen LogP contribution in [0.25, 0.3) is 0 Å². The molecule has 21 heavy (non-hydrogen) atoms. The second-order valence-electron chi connectivity index (χ2n) is 4.61. The van der Waals surface area contributed by atoms with Crippen LogP contribution in [0.3, 0.4) is 0 Å². The zero-order valence-corrected chi connectivity index (χ0v) is 14.5. The van der Waals surface area contributed by atoms with Crippen LogP contribution in [0.5, 0.6) is 0 Å². The fourth-order valence-electron chi connectivity index (χ4n) is 1.84. The van der Waals surface area contributed by atoms with Crippen molar-refractivity contribution in [3.63, 3.8) is 0 Å². The third-order valence-electron chi connectivity index (χ3n) is 2.94. The third kappa shape index (κ3) is 5.27. The summed E-state index contributed by atoms with van der Waals surface area (Å²) in [5.74, 6) is 1.80. The minimum Gasteiger partial charge on any atom is -0.389 e. The molecule has 5 nitrogen and oxygen atoms in total. The maximum Gasteiger partial charge on any atom is 0.109 e. The lowest BCUT2D eigenvalue weighted by atomic mass is 10.2. The van der Waals surface area contributed by atoms with E-state index in [1.165, 1.54) is 0 Å². The Hall–Kier alpha value is 0.500. The fourth-order valence-corrected chi connectivity index (χ4v) is 4.29. The Morgan fingerprint density at radius 3 is 1.71 bits per heavy atom. The van der Waals surface area contributed by atoms with Crippen molar-refractivity contribution in [2.24, 2.45) is 9.98 Å². The quantitative estimate of drug-likeness (QED) is 0.626. The van der Waals surface area contributed by atoms with Crippen molar-refractivity contribution in [1.29, 1.82) is 0 Å². The lowest BCUT2D eigenvalue weighted by Crippen LogP contribution is -2.35. The van der Waals surface area contributed by atoms with E-state index in [0.29, 0.717) is 0 Å². The van der Waals surface area contributed by atoms with Crippen molar-refractivity contribution in [3.8, 4) is 0 Å². The van der Waals surface area contributed by atoms with Crippen molar-refractivity contribution in [2.45, 2.75) is 23.0 Å². The molecule has 2 aliphatic rings. The highest BCUT2D eigenvalue weighted by Crippen LogP contribution is 2.22. The number of thioether (sulfide) groups is 2. The molecule has 0 bridgehead atoms. The largest absolute Gasteiger partial charge is 0.389 e. The molecular formula is C12H18Cl2N2O3S2. The average Bonchev–Trinajstić information content (AvgIpc) is 3.17. The normalized spacial score (nSPS) is 24.4. The number of aliphatic hydroxyl groups excluding tert-OH is 2. The van der Waals surface area contributed by atoms with Crippen molar-refractivity contribution in [1.82, 2.24) is 0 Å². The Kier molecular flexibility index (Phi) is 7.61. The van der Waals surface area contributed by atoms with Gasteiger partial charge >= 0.3 is 0 Å². The first-order chi connectivity index (χ1) is 10.1. The van der Waals surface area contributed by atoms with E-state index < -0.39 is 23.0 Å². The lowest BCUT2D eigenvalue weighted by molar-refractivity contribution is -0.000658. The van der Waals surface area contributed by atoms with Gasteiger partial charge in [-0.3, -0.25) is 9.98 Å². The van der Waals surface area contributed by atoms with Crippen LogP contribution in [0.4, 0.5) is 0 Å². The first-order valence-electron chi connectivity index (χ1n) is 6.66. The number of rotatable bonds is 8. The Bertz CT molecular complexity index is 376. The van der Waals surface area contributed by atoms with Gasteiger partial charge in [-0.05, 0) is 0 Å². The molecule has 0 spiro atoms.